The topological polar surface area (TPSA) is 54.9 Å². The second-order valence-corrected chi connectivity index (χ2v) is 2.44. The van der Waals surface area contributed by atoms with Crippen LogP contribution in [0.15, 0.2) is 12.4 Å². The number of nitrogens with one attached hydrogen (secondary N) is 1. The Morgan fingerprint density at radius 2 is 2.17 bits per heavy atom. The van der Waals surface area contributed by atoms with Gasteiger partial charge in [0.25, 0.3) is 0 Å². The van der Waals surface area contributed by atoms with Gasteiger partial charge in [0.2, 0.25) is 0 Å². The van der Waals surface area contributed by atoms with E-state index in [1.807, 2.05) is 0 Å². The van der Waals surface area contributed by atoms with E-state index in [2.05, 4.69) is 15.3 Å². The highest BCUT2D eigenvalue weighted by Crippen LogP contribution is 1.99. The van der Waals surface area contributed by atoms with Crippen LogP contribution in [0, 0.1) is 6.92 Å². The summed E-state index contributed by atoms with van der Waals surface area (Å²) < 4.78 is 0. The van der Waals surface area contributed by atoms with Gasteiger partial charge in [-0.25, -0.2) is 4.98 Å². The van der Waals surface area contributed by atoms with Crippen LogP contribution < -0.4 is 5.32 Å². The zero-order valence-electron chi connectivity index (χ0n) is 7.16. The number of hydrogen-bond acceptors (Lipinski definition) is 4. The van der Waals surface area contributed by atoms with Crippen LogP contribution in [-0.4, -0.2) is 29.3 Å². The normalized spacial score (nSPS) is 9.83. The van der Waals surface area contributed by atoms with Gasteiger partial charge in [-0.3, -0.25) is 9.78 Å². The molecule has 0 amide bonds. The smallest absolute Gasteiger partial charge is 0.196 e. The highest BCUT2D eigenvalue weighted by Gasteiger charge is 2.08. The first-order valence-corrected chi connectivity index (χ1v) is 3.71. The Morgan fingerprint density at radius 3 is 2.75 bits per heavy atom. The van der Waals surface area contributed by atoms with E-state index in [4.69, 9.17) is 0 Å². The largest absolute Gasteiger partial charge is 0.313 e. The number of carbonyl (C=O) groups is 1. The fourth-order valence-corrected chi connectivity index (χ4v) is 0.926. The number of aryl methyl sites for hydroxylation is 1. The van der Waals surface area contributed by atoms with Gasteiger partial charge < -0.3 is 5.32 Å². The number of Topliss-reactive ketones (excluding diaryl/α,β-unsaturated/α-hetero) is 1. The third-order valence-corrected chi connectivity index (χ3v) is 1.48. The lowest BCUT2D eigenvalue weighted by atomic mass is 10.2. The third kappa shape index (κ3) is 1.85. The van der Waals surface area contributed by atoms with Crippen LogP contribution in [0.25, 0.3) is 0 Å². The first kappa shape index (κ1) is 8.80. The maximum Gasteiger partial charge on any atom is 0.196 e. The molecule has 0 bridgehead atoms. The van der Waals surface area contributed by atoms with Crippen LogP contribution in [-0.2, 0) is 0 Å². The zero-order chi connectivity index (χ0) is 8.97. The van der Waals surface area contributed by atoms with Crippen molar-refractivity contribution < 1.29 is 4.79 Å². The Balaban J connectivity index is 2.87. The van der Waals surface area contributed by atoms with Crippen LogP contribution in [0.4, 0.5) is 0 Å². The van der Waals surface area contributed by atoms with Crippen molar-refractivity contribution in [1.29, 1.82) is 0 Å². The SMILES string of the molecule is CNCC(=O)c1nccnc1C. The summed E-state index contributed by atoms with van der Waals surface area (Å²) in [6.45, 7) is 2.08. The van der Waals surface area contributed by atoms with Crippen molar-refractivity contribution in [2.75, 3.05) is 13.6 Å². The Kier molecular flexibility index (Phi) is 2.88. The minimum Gasteiger partial charge on any atom is -0.313 e. The summed E-state index contributed by atoms with van der Waals surface area (Å²) in [5.41, 5.74) is 1.13. The first-order valence-electron chi connectivity index (χ1n) is 3.71. The molecule has 0 aliphatic carbocycles. The number of hydrogen-bond donors (Lipinski definition) is 1. The molecule has 0 aliphatic heterocycles. The molecule has 0 fully saturated rings. The van der Waals surface area contributed by atoms with E-state index >= 15 is 0 Å². The summed E-state index contributed by atoms with van der Waals surface area (Å²) in [7, 11) is 1.73. The van der Waals surface area contributed by atoms with Crippen LogP contribution in [0.3, 0.4) is 0 Å². The minimum atomic E-state index is -0.0249. The summed E-state index contributed by atoms with van der Waals surface area (Å²) in [6, 6.07) is 0. The maximum atomic E-state index is 11.3. The third-order valence-electron chi connectivity index (χ3n) is 1.48. The first-order chi connectivity index (χ1) is 5.75. The highest BCUT2D eigenvalue weighted by atomic mass is 16.1. The van der Waals surface area contributed by atoms with Crippen molar-refractivity contribution in [3.05, 3.63) is 23.8 Å². The predicted molar refractivity (Wildman–Crippen MR) is 45.0 cm³/mol. The molecule has 1 heterocycles. The maximum absolute atomic E-state index is 11.3. The van der Waals surface area contributed by atoms with E-state index in [9.17, 15) is 4.79 Å². The Morgan fingerprint density at radius 1 is 1.50 bits per heavy atom. The average molecular weight is 165 g/mol. The van der Waals surface area contributed by atoms with Crippen LogP contribution in [0.5, 0.6) is 0 Å². The van der Waals surface area contributed by atoms with Gasteiger partial charge in [-0.15, -0.1) is 0 Å². The van der Waals surface area contributed by atoms with E-state index in [1.165, 1.54) is 6.20 Å². The number of rotatable bonds is 3. The molecule has 1 aromatic rings. The van der Waals surface area contributed by atoms with Crippen molar-refractivity contribution in [3.8, 4) is 0 Å². The molecule has 1 rings (SSSR count). The van der Waals surface area contributed by atoms with E-state index < -0.39 is 0 Å². The van der Waals surface area contributed by atoms with Crippen molar-refractivity contribution in [3.63, 3.8) is 0 Å². The fraction of sp³-hybridized carbons (Fsp3) is 0.375. The Labute approximate surface area is 71.0 Å². The van der Waals surface area contributed by atoms with Gasteiger partial charge in [0.1, 0.15) is 5.69 Å². The zero-order valence-corrected chi connectivity index (χ0v) is 7.16. The molecule has 4 heteroatoms. The summed E-state index contributed by atoms with van der Waals surface area (Å²) in [6.07, 6.45) is 3.10. The molecule has 0 spiro atoms. The number of aromatic nitrogens is 2. The van der Waals surface area contributed by atoms with Gasteiger partial charge in [0.15, 0.2) is 5.78 Å². The molecule has 0 unspecified atom stereocenters. The van der Waals surface area contributed by atoms with Gasteiger partial charge in [-0.2, -0.15) is 0 Å². The lowest BCUT2D eigenvalue weighted by Gasteiger charge is -2.00. The summed E-state index contributed by atoms with van der Waals surface area (Å²) in [5.74, 6) is -0.0249. The van der Waals surface area contributed by atoms with Crippen molar-refractivity contribution in [2.24, 2.45) is 0 Å². The summed E-state index contributed by atoms with van der Waals surface area (Å²) in [5, 5.41) is 2.78. The standard InChI is InChI=1S/C8H11N3O/c1-6-8(7(12)5-9-2)11-4-3-10-6/h3-4,9H,5H2,1-2H3. The monoisotopic (exact) mass is 165 g/mol. The highest BCUT2D eigenvalue weighted by molar-refractivity contribution is 5.96. The molecule has 12 heavy (non-hydrogen) atoms. The van der Waals surface area contributed by atoms with E-state index in [-0.39, 0.29) is 5.78 Å². The number of ketones is 1. The molecule has 64 valence electrons. The van der Waals surface area contributed by atoms with Crippen LogP contribution in [0.2, 0.25) is 0 Å². The molecular weight excluding hydrogens is 154 g/mol. The fourth-order valence-electron chi connectivity index (χ4n) is 0.926. The second-order valence-electron chi connectivity index (χ2n) is 2.44. The average Bonchev–Trinajstić information content (AvgIpc) is 2.05. The molecule has 1 N–H and O–H groups in total. The number of nitrogens with zero attached hydrogens (tertiary/aromatic N) is 2. The Bertz CT molecular complexity index is 285. The predicted octanol–water partition coefficient (Wildman–Crippen LogP) is 0.187. The summed E-state index contributed by atoms with van der Waals surface area (Å²) >= 11 is 0. The van der Waals surface area contributed by atoms with E-state index in [1.54, 1.807) is 20.2 Å². The molecule has 0 aliphatic rings. The number of carbonyl (C=O) groups excluding carboxylic acids is 1. The van der Waals surface area contributed by atoms with E-state index in [0.29, 0.717) is 17.9 Å². The summed E-state index contributed by atoms with van der Waals surface area (Å²) in [4.78, 5) is 19.2. The van der Waals surface area contributed by atoms with Crippen molar-refractivity contribution in [1.82, 2.24) is 15.3 Å². The van der Waals surface area contributed by atoms with Crippen LogP contribution >= 0.6 is 0 Å². The molecule has 4 nitrogen and oxygen atoms in total. The molecule has 0 aromatic carbocycles. The quantitative estimate of drug-likeness (QED) is 0.649. The molecule has 1 aromatic heterocycles. The lowest BCUT2D eigenvalue weighted by Crippen LogP contribution is -2.20. The van der Waals surface area contributed by atoms with Crippen molar-refractivity contribution in [2.45, 2.75) is 6.92 Å². The van der Waals surface area contributed by atoms with Gasteiger partial charge in [0, 0.05) is 12.4 Å². The van der Waals surface area contributed by atoms with Gasteiger partial charge in [-0.05, 0) is 14.0 Å². The lowest BCUT2D eigenvalue weighted by molar-refractivity contribution is 0.0987. The van der Waals surface area contributed by atoms with Crippen LogP contribution in [0.1, 0.15) is 16.2 Å². The van der Waals surface area contributed by atoms with Gasteiger partial charge >= 0.3 is 0 Å². The van der Waals surface area contributed by atoms with E-state index in [0.717, 1.165) is 0 Å². The second kappa shape index (κ2) is 3.92. The van der Waals surface area contributed by atoms with Crippen molar-refractivity contribution >= 4 is 5.78 Å². The number of likely N-dealkylation sites (N-methyl/N-ethyl adjacent to an activating group) is 1. The molecule has 0 saturated carbocycles. The molecular formula is C8H11N3O. The molecule has 0 saturated heterocycles. The van der Waals surface area contributed by atoms with Gasteiger partial charge in [-0.1, -0.05) is 0 Å². The molecule has 0 radical (unpaired) electrons. The minimum absolute atomic E-state index is 0.0249. The Hall–Kier alpha value is -1.29. The molecule has 0 atom stereocenters. The van der Waals surface area contributed by atoms with Gasteiger partial charge in [0.05, 0.1) is 12.2 Å².